The van der Waals surface area contributed by atoms with Crippen LogP contribution in [0.2, 0.25) is 0 Å². The molecule has 0 amide bonds. The van der Waals surface area contributed by atoms with Gasteiger partial charge >= 0.3 is 0 Å². The Labute approximate surface area is 283 Å². The molecule has 6 rings (SSSR count). The third kappa shape index (κ3) is 5.66. The second-order valence-electron chi connectivity index (χ2n) is 14.4. The predicted molar refractivity (Wildman–Crippen MR) is 198 cm³/mol. The molecule has 0 unspecified atom stereocenters. The molecule has 0 N–H and O–H groups in total. The summed E-state index contributed by atoms with van der Waals surface area (Å²) in [4.78, 5) is 12.3. The Kier molecular flexibility index (Phi) is 8.23. The first-order valence-corrected chi connectivity index (χ1v) is 21.5. The monoisotopic (exact) mass is 716 g/mol. The summed E-state index contributed by atoms with van der Waals surface area (Å²) >= 11 is 20.4. The molecule has 10 heteroatoms. The van der Waals surface area contributed by atoms with Gasteiger partial charge in [-0.25, -0.2) is 0 Å². The van der Waals surface area contributed by atoms with Crippen LogP contribution < -0.4 is 0 Å². The van der Waals surface area contributed by atoms with E-state index < -0.39 is 0 Å². The zero-order valence-electron chi connectivity index (χ0n) is 25.1. The van der Waals surface area contributed by atoms with Gasteiger partial charge in [-0.1, -0.05) is 177 Å². The van der Waals surface area contributed by atoms with E-state index in [0.29, 0.717) is 0 Å². The fourth-order valence-corrected chi connectivity index (χ4v) is 21.1. The molecule has 0 saturated heterocycles. The molecule has 0 fully saturated rings. The maximum Gasteiger partial charge on any atom is 0.0718 e. The summed E-state index contributed by atoms with van der Waals surface area (Å²) in [6.45, 7) is 28.5. The summed E-state index contributed by atoms with van der Waals surface area (Å²) in [6, 6.07) is 0. The van der Waals surface area contributed by atoms with E-state index in [1.165, 1.54) is 45.0 Å². The number of thiophene rings is 2. The average molecular weight is 717 g/mol. The van der Waals surface area contributed by atoms with Crippen molar-refractivity contribution in [2.24, 2.45) is 0 Å². The molecule has 0 spiro atoms. The second kappa shape index (κ2) is 10.5. The molecule has 0 bridgehead atoms. The van der Waals surface area contributed by atoms with Gasteiger partial charge in [-0.05, 0) is 21.7 Å². The van der Waals surface area contributed by atoms with Crippen molar-refractivity contribution in [1.29, 1.82) is 0 Å². The predicted octanol–water partition coefficient (Wildman–Crippen LogP) is 14.4. The number of hydrogen-bond acceptors (Lipinski definition) is 10. The van der Waals surface area contributed by atoms with Gasteiger partial charge in [0.15, 0.2) is 0 Å². The van der Waals surface area contributed by atoms with Crippen LogP contribution in [0.5, 0.6) is 0 Å². The van der Waals surface area contributed by atoms with Crippen LogP contribution in [-0.2, 0) is 21.7 Å². The van der Waals surface area contributed by atoms with Gasteiger partial charge in [0.25, 0.3) is 0 Å². The van der Waals surface area contributed by atoms with Crippen molar-refractivity contribution in [3.05, 3.63) is 44.9 Å². The molecule has 0 atom stereocenters. The normalized spacial score (nSPS) is 19.9. The lowest BCUT2D eigenvalue weighted by Crippen LogP contribution is -2.10. The lowest BCUT2D eigenvalue weighted by atomic mass is 9.93. The van der Waals surface area contributed by atoms with Gasteiger partial charge in [-0.15, -0.1) is 22.7 Å². The number of rotatable bonds is 0. The van der Waals surface area contributed by atoms with Gasteiger partial charge in [-0.2, -0.15) is 0 Å². The molecule has 0 saturated carbocycles. The van der Waals surface area contributed by atoms with Crippen molar-refractivity contribution in [2.45, 2.75) is 124 Å². The zero-order valence-corrected chi connectivity index (χ0v) is 33.2. The zero-order chi connectivity index (χ0) is 29.2. The highest BCUT2D eigenvalue weighted by atomic mass is 32.3. The lowest BCUT2D eigenvalue weighted by molar-refractivity contribution is 0.585. The third-order valence-corrected chi connectivity index (χ3v) is 22.9. The molecule has 6 heterocycles. The smallest absolute Gasteiger partial charge is 0.0718 e. The Bertz CT molecular complexity index is 1290. The molecule has 0 aliphatic carbocycles. The fraction of sp³-hybridized carbons (Fsp3) is 0.533. The molecule has 216 valence electrons. The van der Waals surface area contributed by atoms with E-state index in [-0.39, 0.29) is 21.7 Å². The Morgan fingerprint density at radius 3 is 0.625 bits per heavy atom. The minimum atomic E-state index is 0.160. The van der Waals surface area contributed by atoms with Crippen molar-refractivity contribution < 1.29 is 0 Å². The first-order valence-electron chi connectivity index (χ1n) is 13.3. The number of hydrogen-bond donors (Lipinski definition) is 0. The first-order chi connectivity index (χ1) is 18.3. The van der Waals surface area contributed by atoms with Crippen molar-refractivity contribution in [1.82, 2.24) is 0 Å². The topological polar surface area (TPSA) is 0 Å². The van der Waals surface area contributed by atoms with Gasteiger partial charge in [0.2, 0.25) is 0 Å². The van der Waals surface area contributed by atoms with E-state index in [9.17, 15) is 0 Å². The Hall–Kier alpha value is 1.42. The van der Waals surface area contributed by atoms with E-state index in [0.717, 1.165) is 0 Å². The van der Waals surface area contributed by atoms with E-state index >= 15 is 0 Å². The Morgan fingerprint density at radius 2 is 0.450 bits per heavy atom. The molecule has 2 aromatic heterocycles. The quantitative estimate of drug-likeness (QED) is 0.261. The van der Waals surface area contributed by atoms with Gasteiger partial charge in [-0.3, -0.25) is 0 Å². The van der Waals surface area contributed by atoms with Crippen LogP contribution in [0.15, 0.2) is 45.0 Å². The summed E-state index contributed by atoms with van der Waals surface area (Å²) in [7, 11) is 0. The highest BCUT2D eigenvalue weighted by molar-refractivity contribution is 8.45. The van der Waals surface area contributed by atoms with Crippen molar-refractivity contribution in [3.8, 4) is 0 Å². The molecular weight excluding hydrogens is 681 g/mol. The van der Waals surface area contributed by atoms with E-state index in [2.05, 4.69) is 83.1 Å². The minimum absolute atomic E-state index is 0.160. The van der Waals surface area contributed by atoms with Gasteiger partial charge < -0.3 is 0 Å². The molecular formula is C30H36S10. The highest BCUT2D eigenvalue weighted by Crippen LogP contribution is 2.73. The van der Waals surface area contributed by atoms with Crippen LogP contribution in [0, 0.1) is 0 Å². The number of thioether (sulfide) groups is 8. The fourth-order valence-electron chi connectivity index (χ4n) is 4.48. The molecule has 0 radical (unpaired) electrons. The molecule has 0 nitrogen and oxygen atoms in total. The van der Waals surface area contributed by atoms with Crippen LogP contribution in [-0.4, -0.2) is 0 Å². The molecule has 4 aliphatic heterocycles. The summed E-state index contributed by atoms with van der Waals surface area (Å²) in [6.07, 6.45) is 0. The standard InChI is InChI=1S/C30H36S10/c1-27(2,3)17-13-14(18(35-17)28(4,5)6)32-22-21(31-13)37-25(38-22)26-39-23-24(40-26)34-16-15(33-23)19(29(7,8)9)36-20(16)30(10,11)12/h1-12H3. The van der Waals surface area contributed by atoms with Gasteiger partial charge in [0, 0.05) is 39.1 Å². The van der Waals surface area contributed by atoms with Crippen LogP contribution in [0.4, 0.5) is 0 Å². The SMILES string of the molecule is CC(C)(C)c1sc(C(C)(C)C)c2c1SC1=C(SC(=C3SC4=C(S3)Sc3c(C(C)(C)C)sc(C(C)(C)C)c3S4)S1)S2. The van der Waals surface area contributed by atoms with E-state index in [4.69, 9.17) is 0 Å². The van der Waals surface area contributed by atoms with E-state index in [1.807, 2.05) is 117 Å². The largest absolute Gasteiger partial charge is 0.142 e. The highest BCUT2D eigenvalue weighted by Gasteiger charge is 2.42. The van der Waals surface area contributed by atoms with Crippen LogP contribution in [0.3, 0.4) is 0 Å². The average Bonchev–Trinajstić information content (AvgIpc) is 3.54. The molecule has 0 aromatic carbocycles. The van der Waals surface area contributed by atoms with Crippen LogP contribution in [0.1, 0.15) is 103 Å². The summed E-state index contributed by atoms with van der Waals surface area (Å²) < 4.78 is 8.92. The van der Waals surface area contributed by atoms with Crippen molar-refractivity contribution in [3.63, 3.8) is 0 Å². The van der Waals surface area contributed by atoms with Crippen molar-refractivity contribution >= 4 is 117 Å². The summed E-state index contributed by atoms with van der Waals surface area (Å²) in [5, 5.41) is 0. The van der Waals surface area contributed by atoms with Crippen molar-refractivity contribution in [2.75, 3.05) is 0 Å². The number of fused-ring (bicyclic) bond motifs is 2. The van der Waals surface area contributed by atoms with Gasteiger partial charge in [0.05, 0.1) is 25.4 Å². The maximum absolute atomic E-state index is 2.37. The maximum atomic E-state index is 2.37. The van der Waals surface area contributed by atoms with E-state index in [1.54, 1.807) is 19.5 Å². The first kappa shape index (κ1) is 31.4. The Balaban J connectivity index is 1.27. The summed E-state index contributed by atoms with van der Waals surface area (Å²) in [5.74, 6) is 0. The second-order valence-corrected chi connectivity index (χ2v) is 26.1. The minimum Gasteiger partial charge on any atom is -0.142 e. The molecule has 4 aliphatic rings. The molecule has 2 aromatic rings. The third-order valence-electron chi connectivity index (χ3n) is 6.39. The lowest BCUT2D eigenvalue weighted by Gasteiger charge is -2.22. The van der Waals surface area contributed by atoms with Crippen LogP contribution >= 0.6 is 117 Å². The Morgan fingerprint density at radius 1 is 0.275 bits per heavy atom. The molecule has 40 heavy (non-hydrogen) atoms. The van der Waals surface area contributed by atoms with Gasteiger partial charge in [0.1, 0.15) is 0 Å². The van der Waals surface area contributed by atoms with Crippen LogP contribution in [0.25, 0.3) is 0 Å². The summed E-state index contributed by atoms with van der Waals surface area (Å²) in [5.41, 5.74) is 0.642.